The van der Waals surface area contributed by atoms with Crippen LogP contribution in [0.25, 0.3) is 0 Å². The number of amides is 3. The second kappa shape index (κ2) is 10.9. The summed E-state index contributed by atoms with van der Waals surface area (Å²) in [5, 5.41) is 8.87. The van der Waals surface area contributed by atoms with Gasteiger partial charge in [-0.25, -0.2) is 0 Å². The fourth-order valence-electron chi connectivity index (χ4n) is 4.67. The Labute approximate surface area is 226 Å². The van der Waals surface area contributed by atoms with Crippen molar-refractivity contribution in [1.82, 2.24) is 5.32 Å². The minimum atomic E-state index is -0.466. The van der Waals surface area contributed by atoms with E-state index in [4.69, 9.17) is 9.15 Å². The Balaban J connectivity index is 1.23. The maximum Gasteiger partial charge on any atom is 0.291 e. The highest BCUT2D eigenvalue weighted by Crippen LogP contribution is 2.42. The first-order valence-electron chi connectivity index (χ1n) is 12.7. The number of hydrogen-bond donors (Lipinski definition) is 3. The van der Waals surface area contributed by atoms with E-state index >= 15 is 0 Å². The zero-order valence-corrected chi connectivity index (χ0v) is 21.7. The highest BCUT2D eigenvalue weighted by Gasteiger charge is 2.40. The molecule has 3 aromatic carbocycles. The van der Waals surface area contributed by atoms with E-state index in [0.29, 0.717) is 28.3 Å². The normalized spacial score (nSPS) is 13.6. The van der Waals surface area contributed by atoms with Gasteiger partial charge in [0.25, 0.3) is 17.7 Å². The topological polar surface area (TPSA) is 110 Å². The molecule has 0 radical (unpaired) electrons. The molecule has 0 aliphatic heterocycles. The average Bonchev–Trinajstić information content (AvgIpc) is 3.47. The highest BCUT2D eigenvalue weighted by atomic mass is 16.5. The minimum absolute atomic E-state index is 0.192. The molecule has 198 valence electrons. The number of methoxy groups -OCH3 is 1. The molecule has 4 aromatic rings. The number of ether oxygens (including phenoxy) is 1. The number of nitrogens with one attached hydrogen (secondary N) is 3. The lowest BCUT2D eigenvalue weighted by Gasteiger charge is -2.43. The van der Waals surface area contributed by atoms with Gasteiger partial charge in [-0.05, 0) is 98.0 Å². The van der Waals surface area contributed by atoms with Crippen LogP contribution in [0.3, 0.4) is 0 Å². The van der Waals surface area contributed by atoms with Crippen molar-refractivity contribution < 1.29 is 23.5 Å². The van der Waals surface area contributed by atoms with Crippen molar-refractivity contribution in [2.75, 3.05) is 17.7 Å². The Morgan fingerprint density at radius 2 is 1.49 bits per heavy atom. The molecule has 0 unspecified atom stereocenters. The molecule has 1 saturated carbocycles. The second-order valence-electron chi connectivity index (χ2n) is 9.63. The smallest absolute Gasteiger partial charge is 0.291 e. The number of benzene rings is 3. The molecule has 1 heterocycles. The molecule has 5 rings (SSSR count). The van der Waals surface area contributed by atoms with Crippen molar-refractivity contribution in [3.05, 3.63) is 113 Å². The van der Waals surface area contributed by atoms with Crippen molar-refractivity contribution in [2.45, 2.75) is 31.7 Å². The standard InChI is InChI=1S/C31H29N3O5/c1-20-6-15-25(27(19-20)38-2)29(36)32-24-13-9-22(10-14-24)31(16-4-17-31)34-28(35)21-7-11-23(12-8-21)33-30(37)26-5-3-18-39-26/h3,5-15,18-19H,4,16-17H2,1-2H3,(H,32,36)(H,33,37)(H,34,35). The summed E-state index contributed by atoms with van der Waals surface area (Å²) in [4.78, 5) is 38.1. The molecule has 8 nitrogen and oxygen atoms in total. The lowest BCUT2D eigenvalue weighted by Crippen LogP contribution is -2.50. The zero-order valence-electron chi connectivity index (χ0n) is 21.7. The van der Waals surface area contributed by atoms with Crippen LogP contribution in [0, 0.1) is 6.92 Å². The van der Waals surface area contributed by atoms with Crippen LogP contribution in [0.15, 0.2) is 89.5 Å². The lowest BCUT2D eigenvalue weighted by atomic mass is 9.71. The van der Waals surface area contributed by atoms with E-state index < -0.39 is 5.54 Å². The predicted octanol–water partition coefficient (Wildman–Crippen LogP) is 5.91. The first kappa shape index (κ1) is 25.8. The minimum Gasteiger partial charge on any atom is -0.496 e. The number of hydrogen-bond acceptors (Lipinski definition) is 5. The Bertz CT molecular complexity index is 1490. The number of aryl methyl sites for hydroxylation is 1. The van der Waals surface area contributed by atoms with Gasteiger partial charge in [0.1, 0.15) is 5.75 Å². The average molecular weight is 524 g/mol. The second-order valence-corrected chi connectivity index (χ2v) is 9.63. The van der Waals surface area contributed by atoms with Crippen molar-refractivity contribution >= 4 is 29.1 Å². The third-order valence-electron chi connectivity index (χ3n) is 7.01. The molecule has 8 heteroatoms. The molecule has 0 bridgehead atoms. The van der Waals surface area contributed by atoms with Crippen LogP contribution < -0.4 is 20.7 Å². The molecule has 39 heavy (non-hydrogen) atoms. The fourth-order valence-corrected chi connectivity index (χ4v) is 4.67. The summed E-state index contributed by atoms with van der Waals surface area (Å²) in [5.41, 5.74) is 3.69. The van der Waals surface area contributed by atoms with Gasteiger partial charge in [-0.1, -0.05) is 18.2 Å². The van der Waals surface area contributed by atoms with Gasteiger partial charge in [0, 0.05) is 16.9 Å². The van der Waals surface area contributed by atoms with Gasteiger partial charge in [0.2, 0.25) is 0 Å². The highest BCUT2D eigenvalue weighted by molar-refractivity contribution is 6.06. The van der Waals surface area contributed by atoms with Gasteiger partial charge in [0.05, 0.1) is 24.5 Å². The van der Waals surface area contributed by atoms with E-state index in [2.05, 4.69) is 16.0 Å². The monoisotopic (exact) mass is 523 g/mol. The van der Waals surface area contributed by atoms with Gasteiger partial charge in [-0.3, -0.25) is 14.4 Å². The summed E-state index contributed by atoms with van der Waals surface area (Å²) in [6, 6.07) is 23.0. The third kappa shape index (κ3) is 5.55. The van der Waals surface area contributed by atoms with Crippen LogP contribution in [0.2, 0.25) is 0 Å². The zero-order chi connectivity index (χ0) is 27.4. The van der Waals surface area contributed by atoms with E-state index in [1.807, 2.05) is 43.3 Å². The molecule has 1 fully saturated rings. The van der Waals surface area contributed by atoms with Gasteiger partial charge < -0.3 is 25.1 Å². The molecule has 1 aromatic heterocycles. The van der Waals surface area contributed by atoms with Gasteiger partial charge >= 0.3 is 0 Å². The van der Waals surface area contributed by atoms with Gasteiger partial charge in [-0.2, -0.15) is 0 Å². The molecular weight excluding hydrogens is 494 g/mol. The van der Waals surface area contributed by atoms with Crippen LogP contribution in [0.1, 0.15) is 61.7 Å². The number of carbonyl (C=O) groups excluding carboxylic acids is 3. The van der Waals surface area contributed by atoms with Crippen LogP contribution in [-0.4, -0.2) is 24.8 Å². The molecule has 3 N–H and O–H groups in total. The number of carbonyl (C=O) groups is 3. The molecule has 0 atom stereocenters. The van der Waals surface area contributed by atoms with E-state index in [-0.39, 0.29) is 23.5 Å². The Morgan fingerprint density at radius 1 is 0.821 bits per heavy atom. The SMILES string of the molecule is COc1cc(C)ccc1C(=O)Nc1ccc(C2(NC(=O)c3ccc(NC(=O)c4ccco4)cc3)CCC2)cc1. The van der Waals surface area contributed by atoms with Gasteiger partial charge in [0.15, 0.2) is 5.76 Å². The van der Waals surface area contributed by atoms with E-state index in [0.717, 1.165) is 30.4 Å². The van der Waals surface area contributed by atoms with E-state index in [1.54, 1.807) is 49.6 Å². The first-order valence-corrected chi connectivity index (χ1v) is 12.7. The molecule has 1 aliphatic rings. The van der Waals surface area contributed by atoms with Crippen LogP contribution in [0.4, 0.5) is 11.4 Å². The van der Waals surface area contributed by atoms with Crippen molar-refractivity contribution in [2.24, 2.45) is 0 Å². The third-order valence-corrected chi connectivity index (χ3v) is 7.01. The van der Waals surface area contributed by atoms with Crippen LogP contribution >= 0.6 is 0 Å². The van der Waals surface area contributed by atoms with E-state index in [1.165, 1.54) is 6.26 Å². The lowest BCUT2D eigenvalue weighted by molar-refractivity contribution is 0.0823. The maximum atomic E-state index is 13.1. The largest absolute Gasteiger partial charge is 0.496 e. The Hall–Kier alpha value is -4.85. The summed E-state index contributed by atoms with van der Waals surface area (Å²) >= 11 is 0. The number of furan rings is 1. The van der Waals surface area contributed by atoms with Gasteiger partial charge in [-0.15, -0.1) is 0 Å². The van der Waals surface area contributed by atoms with Crippen molar-refractivity contribution in [3.63, 3.8) is 0 Å². The summed E-state index contributed by atoms with van der Waals surface area (Å²) in [6.07, 6.45) is 4.08. The maximum absolute atomic E-state index is 13.1. The summed E-state index contributed by atoms with van der Waals surface area (Å²) in [6.45, 7) is 1.94. The number of anilines is 2. The summed E-state index contributed by atoms with van der Waals surface area (Å²) in [7, 11) is 1.54. The molecule has 1 aliphatic carbocycles. The van der Waals surface area contributed by atoms with E-state index in [9.17, 15) is 14.4 Å². The number of rotatable bonds is 8. The predicted molar refractivity (Wildman–Crippen MR) is 148 cm³/mol. The molecule has 0 saturated heterocycles. The van der Waals surface area contributed by atoms with Crippen molar-refractivity contribution in [3.8, 4) is 5.75 Å². The van der Waals surface area contributed by atoms with Crippen LogP contribution in [0.5, 0.6) is 5.75 Å². The molecule has 3 amide bonds. The Kier molecular flexibility index (Phi) is 7.19. The summed E-state index contributed by atoms with van der Waals surface area (Å²) < 4.78 is 10.5. The molecule has 0 spiro atoms. The summed E-state index contributed by atoms with van der Waals surface area (Å²) in [5.74, 6) is -0.0711. The first-order chi connectivity index (χ1) is 18.9. The molecular formula is C31H29N3O5. The van der Waals surface area contributed by atoms with Crippen molar-refractivity contribution in [1.29, 1.82) is 0 Å². The quantitative estimate of drug-likeness (QED) is 0.266. The Morgan fingerprint density at radius 3 is 2.08 bits per heavy atom. The van der Waals surface area contributed by atoms with Crippen LogP contribution in [-0.2, 0) is 5.54 Å². The fraction of sp³-hybridized carbons (Fsp3) is 0.194.